The Morgan fingerprint density at radius 3 is 2.71 bits per heavy atom. The highest BCUT2D eigenvalue weighted by atomic mass is 16.1. The smallest absolute Gasteiger partial charge is 0.267 e. The standard InChI is InChI=1S/C28H35N5O/c29-27(30)22-12-11-21-17-26(28(34)31-13-16-32-14-4-1-5-15-32)33(25(21)18-22)19-23-9-6-8-20-7-2-3-10-24(20)23/h2-3,7,10-12,17-18,23H,1,4-6,8-9,13-16,19H2,(H3,29,30)(H,31,34). The molecule has 1 unspecified atom stereocenters. The normalized spacial score (nSPS) is 18.5. The molecule has 1 atom stereocenters. The Morgan fingerprint density at radius 2 is 1.88 bits per heavy atom. The van der Waals surface area contributed by atoms with E-state index in [2.05, 4.69) is 39.0 Å². The van der Waals surface area contributed by atoms with E-state index >= 15 is 0 Å². The largest absolute Gasteiger partial charge is 0.384 e. The zero-order chi connectivity index (χ0) is 23.5. The number of nitrogens with two attached hydrogens (primary N) is 1. The number of likely N-dealkylation sites (tertiary alicyclic amines) is 1. The molecule has 0 spiro atoms. The van der Waals surface area contributed by atoms with Crippen molar-refractivity contribution in [3.63, 3.8) is 0 Å². The first-order valence-electron chi connectivity index (χ1n) is 12.7. The molecule has 0 bridgehead atoms. The molecule has 34 heavy (non-hydrogen) atoms. The van der Waals surface area contributed by atoms with E-state index in [4.69, 9.17) is 11.1 Å². The maximum Gasteiger partial charge on any atom is 0.267 e. The first-order chi connectivity index (χ1) is 16.6. The van der Waals surface area contributed by atoms with Gasteiger partial charge in [-0.05, 0) is 68.5 Å². The molecule has 1 aliphatic carbocycles. The minimum atomic E-state index is -0.0262. The van der Waals surface area contributed by atoms with E-state index in [0.717, 1.165) is 56.3 Å². The second-order valence-electron chi connectivity index (χ2n) is 9.77. The molecular formula is C28H35N5O. The Bertz CT molecular complexity index is 1190. The molecule has 2 aliphatic rings. The number of carbonyl (C=O) groups is 1. The number of nitrogens with one attached hydrogen (secondary N) is 2. The topological polar surface area (TPSA) is 87.1 Å². The van der Waals surface area contributed by atoms with E-state index in [1.165, 1.54) is 30.4 Å². The minimum Gasteiger partial charge on any atom is -0.384 e. The van der Waals surface area contributed by atoms with Gasteiger partial charge in [0.25, 0.3) is 5.91 Å². The molecule has 1 aromatic heterocycles. The third-order valence-electron chi connectivity index (χ3n) is 7.51. The summed E-state index contributed by atoms with van der Waals surface area (Å²) in [6.45, 7) is 4.56. The molecule has 5 rings (SSSR count). The van der Waals surface area contributed by atoms with Crippen LogP contribution in [0.1, 0.15) is 65.2 Å². The van der Waals surface area contributed by atoms with Crippen molar-refractivity contribution in [2.45, 2.75) is 51.0 Å². The van der Waals surface area contributed by atoms with E-state index in [9.17, 15) is 4.79 Å². The fraction of sp³-hybridized carbons (Fsp3) is 0.429. The molecule has 3 aromatic rings. The number of hydrogen-bond acceptors (Lipinski definition) is 3. The molecule has 0 radical (unpaired) electrons. The summed E-state index contributed by atoms with van der Waals surface area (Å²) in [5.74, 6) is 0.383. The van der Waals surface area contributed by atoms with Crippen molar-refractivity contribution in [1.29, 1.82) is 5.41 Å². The highest BCUT2D eigenvalue weighted by Crippen LogP contribution is 2.34. The number of aryl methyl sites for hydroxylation is 1. The summed E-state index contributed by atoms with van der Waals surface area (Å²) < 4.78 is 2.16. The lowest BCUT2D eigenvalue weighted by Crippen LogP contribution is -2.38. The monoisotopic (exact) mass is 457 g/mol. The number of nitrogens with zero attached hydrogens (tertiary/aromatic N) is 2. The predicted molar refractivity (Wildman–Crippen MR) is 138 cm³/mol. The number of nitrogen functional groups attached to an aromatic ring is 1. The van der Waals surface area contributed by atoms with E-state index in [1.807, 2.05) is 24.3 Å². The van der Waals surface area contributed by atoms with Crippen molar-refractivity contribution in [2.75, 3.05) is 26.2 Å². The van der Waals surface area contributed by atoms with Gasteiger partial charge in [-0.1, -0.05) is 42.8 Å². The van der Waals surface area contributed by atoms with Gasteiger partial charge in [0.1, 0.15) is 11.5 Å². The highest BCUT2D eigenvalue weighted by Gasteiger charge is 2.24. The third-order valence-corrected chi connectivity index (χ3v) is 7.51. The molecule has 178 valence electrons. The van der Waals surface area contributed by atoms with Gasteiger partial charge >= 0.3 is 0 Å². The molecule has 1 saturated heterocycles. The Kier molecular flexibility index (Phi) is 6.68. The number of amides is 1. The molecule has 2 aromatic carbocycles. The van der Waals surface area contributed by atoms with Crippen LogP contribution >= 0.6 is 0 Å². The van der Waals surface area contributed by atoms with Gasteiger partial charge in [-0.15, -0.1) is 0 Å². The number of benzene rings is 2. The van der Waals surface area contributed by atoms with Gasteiger partial charge < -0.3 is 20.5 Å². The van der Waals surface area contributed by atoms with Crippen LogP contribution in [-0.4, -0.2) is 47.4 Å². The molecule has 6 heteroatoms. The lowest BCUT2D eigenvalue weighted by molar-refractivity contribution is 0.0937. The van der Waals surface area contributed by atoms with Crippen molar-refractivity contribution in [3.8, 4) is 0 Å². The maximum atomic E-state index is 13.4. The van der Waals surface area contributed by atoms with Crippen molar-refractivity contribution in [1.82, 2.24) is 14.8 Å². The van der Waals surface area contributed by atoms with Crippen LogP contribution < -0.4 is 11.1 Å². The van der Waals surface area contributed by atoms with E-state index < -0.39 is 0 Å². The van der Waals surface area contributed by atoms with Crippen LogP contribution in [0.2, 0.25) is 0 Å². The second-order valence-corrected chi connectivity index (χ2v) is 9.77. The van der Waals surface area contributed by atoms with Gasteiger partial charge in [0.05, 0.1) is 0 Å². The second kappa shape index (κ2) is 10.0. The molecule has 0 saturated carbocycles. The quantitative estimate of drug-likeness (QED) is 0.366. The number of piperidine rings is 1. The Balaban J connectivity index is 1.43. The summed E-state index contributed by atoms with van der Waals surface area (Å²) in [6, 6.07) is 16.5. The van der Waals surface area contributed by atoms with Crippen LogP contribution in [0, 0.1) is 5.41 Å². The van der Waals surface area contributed by atoms with E-state index in [0.29, 0.717) is 23.7 Å². The zero-order valence-corrected chi connectivity index (χ0v) is 19.9. The van der Waals surface area contributed by atoms with Gasteiger partial charge in [0.15, 0.2) is 0 Å². The summed E-state index contributed by atoms with van der Waals surface area (Å²) in [5.41, 5.74) is 11.0. The summed E-state index contributed by atoms with van der Waals surface area (Å²) in [4.78, 5) is 15.8. The lowest BCUT2D eigenvalue weighted by Gasteiger charge is -2.27. The van der Waals surface area contributed by atoms with Crippen molar-refractivity contribution in [2.24, 2.45) is 5.73 Å². The molecule has 6 nitrogen and oxygen atoms in total. The van der Waals surface area contributed by atoms with Gasteiger partial charge in [-0.3, -0.25) is 10.2 Å². The predicted octanol–water partition coefficient (Wildman–Crippen LogP) is 4.26. The van der Waals surface area contributed by atoms with Crippen molar-refractivity contribution < 1.29 is 4.79 Å². The summed E-state index contributed by atoms with van der Waals surface area (Å²) >= 11 is 0. The molecule has 1 amide bonds. The summed E-state index contributed by atoms with van der Waals surface area (Å²) in [6.07, 6.45) is 7.22. The van der Waals surface area contributed by atoms with Gasteiger partial charge in [-0.2, -0.15) is 0 Å². The fourth-order valence-electron chi connectivity index (χ4n) is 5.67. The number of carbonyl (C=O) groups excluding carboxylic acids is 1. The zero-order valence-electron chi connectivity index (χ0n) is 19.9. The summed E-state index contributed by atoms with van der Waals surface area (Å²) in [5, 5.41) is 12.1. The SMILES string of the molecule is N=C(N)c1ccc2cc(C(=O)NCCN3CCCCC3)n(CC3CCCc4ccccc43)c2c1. The van der Waals surface area contributed by atoms with Gasteiger partial charge in [0, 0.05) is 42.0 Å². The van der Waals surface area contributed by atoms with Crippen LogP contribution in [0.3, 0.4) is 0 Å². The van der Waals surface area contributed by atoms with E-state index in [1.54, 1.807) is 0 Å². The Labute approximate surface area is 201 Å². The molecule has 4 N–H and O–H groups in total. The van der Waals surface area contributed by atoms with Crippen molar-refractivity contribution in [3.05, 3.63) is 70.9 Å². The van der Waals surface area contributed by atoms with Crippen LogP contribution in [0.15, 0.2) is 48.5 Å². The summed E-state index contributed by atoms with van der Waals surface area (Å²) in [7, 11) is 0. The van der Waals surface area contributed by atoms with Gasteiger partial charge in [-0.25, -0.2) is 0 Å². The van der Waals surface area contributed by atoms with Crippen LogP contribution in [0.4, 0.5) is 0 Å². The van der Waals surface area contributed by atoms with E-state index in [-0.39, 0.29) is 11.7 Å². The maximum absolute atomic E-state index is 13.4. The first kappa shape index (κ1) is 22.7. The molecule has 1 aliphatic heterocycles. The number of rotatable bonds is 7. The Hall–Kier alpha value is -3.12. The van der Waals surface area contributed by atoms with Crippen LogP contribution in [-0.2, 0) is 13.0 Å². The lowest BCUT2D eigenvalue weighted by atomic mass is 9.83. The minimum absolute atomic E-state index is 0.0262. The average molecular weight is 458 g/mol. The first-order valence-corrected chi connectivity index (χ1v) is 12.7. The molecule has 2 heterocycles. The third kappa shape index (κ3) is 4.73. The number of hydrogen-bond donors (Lipinski definition) is 3. The molecular weight excluding hydrogens is 422 g/mol. The van der Waals surface area contributed by atoms with Crippen LogP contribution in [0.5, 0.6) is 0 Å². The van der Waals surface area contributed by atoms with Crippen LogP contribution in [0.25, 0.3) is 10.9 Å². The van der Waals surface area contributed by atoms with Crippen molar-refractivity contribution >= 4 is 22.6 Å². The number of aromatic nitrogens is 1. The highest BCUT2D eigenvalue weighted by molar-refractivity contribution is 6.02. The average Bonchev–Trinajstić information content (AvgIpc) is 3.22. The molecule has 1 fully saturated rings. The Morgan fingerprint density at radius 1 is 1.06 bits per heavy atom. The number of fused-ring (bicyclic) bond motifs is 2. The van der Waals surface area contributed by atoms with Gasteiger partial charge in [0.2, 0.25) is 0 Å². The fourth-order valence-corrected chi connectivity index (χ4v) is 5.67. The number of amidine groups is 1.